The summed E-state index contributed by atoms with van der Waals surface area (Å²) in [7, 11) is 2.17. The van der Waals surface area contributed by atoms with E-state index in [1.807, 2.05) is 6.20 Å². The Morgan fingerprint density at radius 2 is 2.29 bits per heavy atom. The molecule has 0 unspecified atom stereocenters. The van der Waals surface area contributed by atoms with Crippen LogP contribution in [-0.4, -0.2) is 43.2 Å². The monoisotopic (exact) mass is 286 g/mol. The molecule has 6 nitrogen and oxygen atoms in total. The van der Waals surface area contributed by atoms with E-state index in [9.17, 15) is 0 Å². The number of fused-ring (bicyclic) bond motifs is 1. The zero-order chi connectivity index (χ0) is 14.2. The molecule has 1 N–H and O–H groups in total. The van der Waals surface area contributed by atoms with E-state index in [-0.39, 0.29) is 0 Å². The van der Waals surface area contributed by atoms with Crippen molar-refractivity contribution in [1.82, 2.24) is 29.6 Å². The summed E-state index contributed by atoms with van der Waals surface area (Å²) in [4.78, 5) is 11.3. The van der Waals surface area contributed by atoms with Crippen LogP contribution < -0.4 is 0 Å². The molecule has 112 valence electrons. The molecular formula is C15H22N6. The molecule has 1 aliphatic heterocycles. The van der Waals surface area contributed by atoms with Crippen molar-refractivity contribution in [3.05, 3.63) is 29.9 Å². The first-order valence-corrected chi connectivity index (χ1v) is 7.87. The van der Waals surface area contributed by atoms with E-state index < -0.39 is 0 Å². The molecule has 21 heavy (non-hydrogen) atoms. The Hall–Kier alpha value is -1.69. The molecule has 1 saturated carbocycles. The van der Waals surface area contributed by atoms with Gasteiger partial charge in [-0.3, -0.25) is 10.00 Å². The second-order valence-corrected chi connectivity index (χ2v) is 6.51. The lowest BCUT2D eigenvalue weighted by Crippen LogP contribution is -2.31. The number of imidazole rings is 1. The number of aromatic amines is 1. The zero-order valence-corrected chi connectivity index (χ0v) is 12.5. The van der Waals surface area contributed by atoms with Crippen LogP contribution in [0.2, 0.25) is 0 Å². The van der Waals surface area contributed by atoms with Crippen molar-refractivity contribution >= 4 is 0 Å². The summed E-state index contributed by atoms with van der Waals surface area (Å²) in [5, 5.41) is 7.41. The molecule has 2 aliphatic rings. The van der Waals surface area contributed by atoms with Gasteiger partial charge in [-0.2, -0.15) is 5.10 Å². The van der Waals surface area contributed by atoms with Gasteiger partial charge in [-0.1, -0.05) is 0 Å². The molecule has 1 fully saturated rings. The maximum absolute atomic E-state index is 4.61. The van der Waals surface area contributed by atoms with Gasteiger partial charge in [0.25, 0.3) is 0 Å². The molecule has 4 rings (SSSR count). The van der Waals surface area contributed by atoms with Gasteiger partial charge in [0.2, 0.25) is 0 Å². The first kappa shape index (κ1) is 13.0. The van der Waals surface area contributed by atoms with Crippen LogP contribution in [0.5, 0.6) is 0 Å². The summed E-state index contributed by atoms with van der Waals surface area (Å²) in [6.07, 6.45) is 8.84. The summed E-state index contributed by atoms with van der Waals surface area (Å²) >= 11 is 0. The number of H-pyrrole nitrogens is 1. The van der Waals surface area contributed by atoms with Gasteiger partial charge in [0.1, 0.15) is 11.6 Å². The molecule has 0 radical (unpaired) electrons. The van der Waals surface area contributed by atoms with Gasteiger partial charge in [-0.15, -0.1) is 0 Å². The van der Waals surface area contributed by atoms with Crippen LogP contribution >= 0.6 is 0 Å². The fourth-order valence-corrected chi connectivity index (χ4v) is 3.25. The second-order valence-electron chi connectivity index (χ2n) is 6.51. The normalized spacial score (nSPS) is 21.7. The van der Waals surface area contributed by atoms with E-state index in [1.165, 1.54) is 25.1 Å². The highest BCUT2D eigenvalue weighted by Gasteiger charge is 2.28. The quantitative estimate of drug-likeness (QED) is 0.906. The van der Waals surface area contributed by atoms with Gasteiger partial charge in [0.15, 0.2) is 5.82 Å². The van der Waals surface area contributed by atoms with E-state index in [1.54, 1.807) is 0 Å². The van der Waals surface area contributed by atoms with Crippen molar-refractivity contribution in [2.45, 2.75) is 44.7 Å². The topological polar surface area (TPSA) is 62.6 Å². The van der Waals surface area contributed by atoms with Crippen molar-refractivity contribution < 1.29 is 0 Å². The Labute approximate surface area is 124 Å². The molecule has 0 spiro atoms. The van der Waals surface area contributed by atoms with E-state index >= 15 is 0 Å². The van der Waals surface area contributed by atoms with Crippen molar-refractivity contribution in [2.24, 2.45) is 5.92 Å². The number of hydrogen-bond acceptors (Lipinski definition) is 4. The van der Waals surface area contributed by atoms with Crippen molar-refractivity contribution in [3.8, 4) is 0 Å². The third-order valence-corrected chi connectivity index (χ3v) is 4.51. The third-order valence-electron chi connectivity index (χ3n) is 4.51. The SMILES string of the molecule is CN(Cc1nc(C2CC2)n[nH]1)C[C@H]1CCc2nccn2C1. The van der Waals surface area contributed by atoms with Crippen LogP contribution in [0.25, 0.3) is 0 Å². The van der Waals surface area contributed by atoms with E-state index in [4.69, 9.17) is 0 Å². The number of nitrogens with zero attached hydrogens (tertiary/aromatic N) is 5. The highest BCUT2D eigenvalue weighted by Crippen LogP contribution is 2.37. The minimum absolute atomic E-state index is 0.623. The maximum Gasteiger partial charge on any atom is 0.153 e. The van der Waals surface area contributed by atoms with E-state index in [2.05, 4.69) is 42.9 Å². The molecule has 1 aliphatic carbocycles. The molecule has 0 saturated heterocycles. The van der Waals surface area contributed by atoms with Crippen molar-refractivity contribution in [1.29, 1.82) is 0 Å². The number of hydrogen-bond donors (Lipinski definition) is 1. The Morgan fingerprint density at radius 3 is 3.14 bits per heavy atom. The highest BCUT2D eigenvalue weighted by molar-refractivity contribution is 5.05. The van der Waals surface area contributed by atoms with Crippen LogP contribution in [0.4, 0.5) is 0 Å². The molecule has 3 heterocycles. The average molecular weight is 286 g/mol. The minimum atomic E-state index is 0.623. The first-order valence-electron chi connectivity index (χ1n) is 7.87. The smallest absolute Gasteiger partial charge is 0.153 e. The van der Waals surface area contributed by atoms with Gasteiger partial charge in [0.05, 0.1) is 6.54 Å². The maximum atomic E-state index is 4.61. The van der Waals surface area contributed by atoms with Gasteiger partial charge in [-0.25, -0.2) is 9.97 Å². The van der Waals surface area contributed by atoms with Crippen LogP contribution in [0.15, 0.2) is 12.4 Å². The molecule has 1 atom stereocenters. The number of rotatable bonds is 5. The third kappa shape index (κ3) is 2.85. The van der Waals surface area contributed by atoms with Crippen LogP contribution in [0.3, 0.4) is 0 Å². The largest absolute Gasteiger partial charge is 0.335 e. The molecule has 2 aromatic heterocycles. The van der Waals surface area contributed by atoms with E-state index in [0.29, 0.717) is 11.8 Å². The number of nitrogens with one attached hydrogen (secondary N) is 1. The van der Waals surface area contributed by atoms with Crippen molar-refractivity contribution in [2.75, 3.05) is 13.6 Å². The molecule has 6 heteroatoms. The van der Waals surface area contributed by atoms with E-state index in [0.717, 1.165) is 37.7 Å². The molecule has 0 amide bonds. The lowest BCUT2D eigenvalue weighted by molar-refractivity contribution is 0.225. The molecule has 0 aromatic carbocycles. The van der Waals surface area contributed by atoms with Crippen LogP contribution in [0, 0.1) is 5.92 Å². The van der Waals surface area contributed by atoms with Crippen LogP contribution in [-0.2, 0) is 19.5 Å². The van der Waals surface area contributed by atoms with Gasteiger partial charge in [0, 0.05) is 37.8 Å². The summed E-state index contributed by atoms with van der Waals surface area (Å²) in [6, 6.07) is 0. The fraction of sp³-hybridized carbons (Fsp3) is 0.667. The van der Waals surface area contributed by atoms with Crippen molar-refractivity contribution in [3.63, 3.8) is 0 Å². The lowest BCUT2D eigenvalue weighted by atomic mass is 9.99. The Balaban J connectivity index is 1.32. The second kappa shape index (κ2) is 5.26. The number of aromatic nitrogens is 5. The highest BCUT2D eigenvalue weighted by atomic mass is 15.2. The minimum Gasteiger partial charge on any atom is -0.335 e. The molecule has 0 bridgehead atoms. The predicted molar refractivity (Wildman–Crippen MR) is 78.7 cm³/mol. The van der Waals surface area contributed by atoms with Crippen LogP contribution in [0.1, 0.15) is 42.7 Å². The Morgan fingerprint density at radius 1 is 1.38 bits per heavy atom. The van der Waals surface area contributed by atoms with Gasteiger partial charge >= 0.3 is 0 Å². The lowest BCUT2D eigenvalue weighted by Gasteiger charge is -2.27. The summed E-state index contributed by atoms with van der Waals surface area (Å²) in [5.41, 5.74) is 0. The standard InChI is InChI=1S/C15H22N6/c1-20(10-13-17-15(19-18-13)12-3-4-12)8-11-2-5-14-16-6-7-21(14)9-11/h6-7,11-12H,2-5,8-10H2,1H3,(H,17,18,19)/t11-/m1/s1. The first-order chi connectivity index (χ1) is 10.3. The summed E-state index contributed by atoms with van der Waals surface area (Å²) in [5.74, 6) is 4.57. The average Bonchev–Trinajstić information content (AvgIpc) is 3.04. The van der Waals surface area contributed by atoms with Gasteiger partial charge < -0.3 is 4.57 Å². The van der Waals surface area contributed by atoms with Gasteiger partial charge in [-0.05, 0) is 32.2 Å². The Kier molecular flexibility index (Phi) is 3.25. The predicted octanol–water partition coefficient (Wildman–Crippen LogP) is 1.57. The summed E-state index contributed by atoms with van der Waals surface area (Å²) < 4.78 is 2.29. The molecular weight excluding hydrogens is 264 g/mol. The summed E-state index contributed by atoms with van der Waals surface area (Å²) in [6.45, 7) is 3.04. The number of aryl methyl sites for hydroxylation is 1. The zero-order valence-electron chi connectivity index (χ0n) is 12.5. The fourth-order valence-electron chi connectivity index (χ4n) is 3.25. The Bertz CT molecular complexity index is 611. The molecule has 2 aromatic rings.